The average Bonchev–Trinajstić information content (AvgIpc) is 3.21. The van der Waals surface area contributed by atoms with Crippen molar-refractivity contribution in [1.29, 1.82) is 0 Å². The molecule has 1 aromatic carbocycles. The van der Waals surface area contributed by atoms with Gasteiger partial charge >= 0.3 is 0 Å². The number of fused-ring (bicyclic) bond motifs is 1. The molecule has 0 saturated carbocycles. The molecule has 0 fully saturated rings. The van der Waals surface area contributed by atoms with Crippen LogP contribution in [0.1, 0.15) is 17.0 Å². The molecule has 2 aromatic heterocycles. The van der Waals surface area contributed by atoms with E-state index >= 15 is 0 Å². The fourth-order valence-electron chi connectivity index (χ4n) is 2.85. The molecular formula is C17H19N5O. The van der Waals surface area contributed by atoms with Gasteiger partial charge in [-0.3, -0.25) is 4.68 Å². The quantitative estimate of drug-likeness (QED) is 0.773. The molecule has 0 atom stereocenters. The first-order valence-electron chi connectivity index (χ1n) is 7.76. The first-order valence-corrected chi connectivity index (χ1v) is 7.76. The number of ether oxygens (including phenoxy) is 1. The molecule has 0 saturated heterocycles. The summed E-state index contributed by atoms with van der Waals surface area (Å²) in [4.78, 5) is 8.10. The van der Waals surface area contributed by atoms with Crippen LogP contribution in [0.15, 0.2) is 36.7 Å². The number of imidazole rings is 1. The number of aromatic nitrogens is 4. The van der Waals surface area contributed by atoms with Crippen LogP contribution in [0.3, 0.4) is 0 Å². The fourth-order valence-corrected chi connectivity index (χ4v) is 2.85. The number of hydrogen-bond donors (Lipinski definition) is 2. The lowest BCUT2D eigenvalue weighted by Gasteiger charge is -2.09. The number of benzene rings is 1. The Bertz CT molecular complexity index is 779. The van der Waals surface area contributed by atoms with E-state index in [2.05, 4.69) is 27.5 Å². The Balaban J connectivity index is 1.52. The Morgan fingerprint density at radius 3 is 2.91 bits per heavy atom. The third-order valence-electron chi connectivity index (χ3n) is 4.12. The van der Waals surface area contributed by atoms with E-state index in [1.54, 1.807) is 7.11 Å². The Labute approximate surface area is 134 Å². The number of nitrogens with zero attached hydrogens (tertiary/aromatic N) is 3. The van der Waals surface area contributed by atoms with Crippen molar-refractivity contribution in [3.8, 4) is 17.1 Å². The molecule has 4 rings (SSSR count). The summed E-state index contributed by atoms with van der Waals surface area (Å²) in [5, 5.41) is 7.80. The highest BCUT2D eigenvalue weighted by Crippen LogP contribution is 2.20. The standard InChI is InChI=1S/C17H19N5O/c1-23-14-4-2-12(3-5-14)10-22-11-13(8-19-22)17-20-15-6-7-18-9-16(15)21-17/h2-5,8,11,18H,6-7,9-10H2,1H3,(H,20,21). The predicted octanol–water partition coefficient (Wildman–Crippen LogP) is 1.98. The van der Waals surface area contributed by atoms with Gasteiger partial charge in [-0.15, -0.1) is 0 Å². The van der Waals surface area contributed by atoms with Crippen LogP contribution in [-0.2, 0) is 19.5 Å². The number of hydrogen-bond acceptors (Lipinski definition) is 4. The van der Waals surface area contributed by atoms with E-state index in [9.17, 15) is 0 Å². The lowest BCUT2D eigenvalue weighted by Crippen LogP contribution is -2.23. The largest absolute Gasteiger partial charge is 0.497 e. The number of H-pyrrole nitrogens is 1. The van der Waals surface area contributed by atoms with Crippen LogP contribution in [0, 0.1) is 0 Å². The van der Waals surface area contributed by atoms with Crippen molar-refractivity contribution in [3.05, 3.63) is 53.6 Å². The van der Waals surface area contributed by atoms with Crippen LogP contribution in [0.2, 0.25) is 0 Å². The van der Waals surface area contributed by atoms with Crippen molar-refractivity contribution in [1.82, 2.24) is 25.1 Å². The topological polar surface area (TPSA) is 67.8 Å². The molecule has 0 spiro atoms. The van der Waals surface area contributed by atoms with Gasteiger partial charge in [-0.1, -0.05) is 12.1 Å². The van der Waals surface area contributed by atoms with Crippen LogP contribution in [-0.4, -0.2) is 33.4 Å². The van der Waals surface area contributed by atoms with Gasteiger partial charge in [0.05, 0.1) is 36.8 Å². The summed E-state index contributed by atoms with van der Waals surface area (Å²) in [5.74, 6) is 1.77. The third-order valence-corrected chi connectivity index (χ3v) is 4.12. The van der Waals surface area contributed by atoms with Crippen LogP contribution in [0.5, 0.6) is 5.75 Å². The van der Waals surface area contributed by atoms with Gasteiger partial charge in [-0.2, -0.15) is 5.10 Å². The summed E-state index contributed by atoms with van der Waals surface area (Å²) >= 11 is 0. The second kappa shape index (κ2) is 5.89. The Morgan fingerprint density at radius 1 is 1.26 bits per heavy atom. The zero-order valence-corrected chi connectivity index (χ0v) is 13.0. The Kier molecular flexibility index (Phi) is 3.59. The van der Waals surface area contributed by atoms with E-state index in [1.165, 1.54) is 17.0 Å². The summed E-state index contributed by atoms with van der Waals surface area (Å²) in [5.41, 5.74) is 4.56. The number of nitrogens with one attached hydrogen (secondary N) is 2. The molecular weight excluding hydrogens is 290 g/mol. The normalized spacial score (nSPS) is 13.8. The van der Waals surface area contributed by atoms with Crippen molar-refractivity contribution < 1.29 is 4.74 Å². The van der Waals surface area contributed by atoms with E-state index < -0.39 is 0 Å². The van der Waals surface area contributed by atoms with Crippen molar-refractivity contribution in [2.75, 3.05) is 13.7 Å². The van der Waals surface area contributed by atoms with E-state index in [4.69, 9.17) is 9.72 Å². The smallest absolute Gasteiger partial charge is 0.141 e. The lowest BCUT2D eigenvalue weighted by molar-refractivity contribution is 0.414. The molecule has 0 unspecified atom stereocenters. The highest BCUT2D eigenvalue weighted by atomic mass is 16.5. The number of rotatable bonds is 4. The maximum absolute atomic E-state index is 5.18. The first kappa shape index (κ1) is 14.0. The maximum atomic E-state index is 5.18. The molecule has 0 amide bonds. The SMILES string of the molecule is COc1ccc(Cn2cc(-c3nc4c([nH]3)CNCC4)cn2)cc1. The number of aromatic amines is 1. The molecule has 0 aliphatic carbocycles. The molecule has 0 bridgehead atoms. The second-order valence-electron chi connectivity index (χ2n) is 5.71. The molecule has 6 nitrogen and oxygen atoms in total. The molecule has 6 heteroatoms. The van der Waals surface area contributed by atoms with Crippen LogP contribution >= 0.6 is 0 Å². The fraction of sp³-hybridized carbons (Fsp3) is 0.294. The summed E-state index contributed by atoms with van der Waals surface area (Å²) in [6.07, 6.45) is 4.87. The van der Waals surface area contributed by atoms with Crippen molar-refractivity contribution in [2.45, 2.75) is 19.5 Å². The molecule has 23 heavy (non-hydrogen) atoms. The van der Waals surface area contributed by atoms with Crippen molar-refractivity contribution in [2.24, 2.45) is 0 Å². The zero-order valence-electron chi connectivity index (χ0n) is 13.0. The van der Waals surface area contributed by atoms with E-state index in [-0.39, 0.29) is 0 Å². The minimum absolute atomic E-state index is 0.728. The van der Waals surface area contributed by atoms with Crippen LogP contribution < -0.4 is 10.1 Å². The van der Waals surface area contributed by atoms with E-state index in [1.807, 2.05) is 29.2 Å². The average molecular weight is 309 g/mol. The van der Waals surface area contributed by atoms with Gasteiger partial charge in [0.15, 0.2) is 0 Å². The lowest BCUT2D eigenvalue weighted by atomic mass is 10.2. The molecule has 3 heterocycles. The molecule has 0 radical (unpaired) electrons. The van der Waals surface area contributed by atoms with Crippen LogP contribution in [0.4, 0.5) is 0 Å². The predicted molar refractivity (Wildman–Crippen MR) is 87.3 cm³/mol. The van der Waals surface area contributed by atoms with Gasteiger partial charge in [0.2, 0.25) is 0 Å². The minimum atomic E-state index is 0.728. The summed E-state index contributed by atoms with van der Waals surface area (Å²) in [6, 6.07) is 8.04. The summed E-state index contributed by atoms with van der Waals surface area (Å²) in [6.45, 7) is 2.59. The van der Waals surface area contributed by atoms with E-state index in [0.29, 0.717) is 0 Å². The van der Waals surface area contributed by atoms with Gasteiger partial charge in [-0.05, 0) is 17.7 Å². The summed E-state index contributed by atoms with van der Waals surface area (Å²) < 4.78 is 7.11. The highest BCUT2D eigenvalue weighted by molar-refractivity contribution is 5.53. The minimum Gasteiger partial charge on any atom is -0.497 e. The van der Waals surface area contributed by atoms with Gasteiger partial charge in [0.1, 0.15) is 11.6 Å². The summed E-state index contributed by atoms with van der Waals surface area (Å²) in [7, 11) is 1.67. The highest BCUT2D eigenvalue weighted by Gasteiger charge is 2.15. The van der Waals surface area contributed by atoms with Gasteiger partial charge in [-0.25, -0.2) is 4.98 Å². The third kappa shape index (κ3) is 2.85. The van der Waals surface area contributed by atoms with Crippen LogP contribution in [0.25, 0.3) is 11.4 Å². The van der Waals surface area contributed by atoms with Gasteiger partial charge in [0.25, 0.3) is 0 Å². The Morgan fingerprint density at radius 2 is 2.13 bits per heavy atom. The monoisotopic (exact) mass is 309 g/mol. The first-order chi connectivity index (χ1) is 11.3. The van der Waals surface area contributed by atoms with E-state index in [0.717, 1.165) is 43.2 Å². The van der Waals surface area contributed by atoms with Crippen molar-refractivity contribution >= 4 is 0 Å². The zero-order chi connectivity index (χ0) is 15.6. The number of methoxy groups -OCH3 is 1. The molecule has 3 aromatic rings. The molecule has 1 aliphatic rings. The molecule has 2 N–H and O–H groups in total. The maximum Gasteiger partial charge on any atom is 0.141 e. The molecule has 118 valence electrons. The second-order valence-corrected chi connectivity index (χ2v) is 5.71. The Hall–Kier alpha value is -2.60. The molecule has 1 aliphatic heterocycles. The van der Waals surface area contributed by atoms with Gasteiger partial charge in [0, 0.05) is 25.7 Å². The van der Waals surface area contributed by atoms with Gasteiger partial charge < -0.3 is 15.0 Å². The van der Waals surface area contributed by atoms with Crippen molar-refractivity contribution in [3.63, 3.8) is 0 Å².